The number of nitrogens with zero attached hydrogens (tertiary/aromatic N) is 4. The second-order valence-electron chi connectivity index (χ2n) is 23.5. The molecule has 0 spiro atoms. The summed E-state index contributed by atoms with van der Waals surface area (Å²) >= 11 is 0. The lowest BCUT2D eigenvalue weighted by atomic mass is 9.93. The molecule has 18 aromatic rings. The van der Waals surface area contributed by atoms with Crippen molar-refractivity contribution in [2.24, 2.45) is 0 Å². The molecule has 0 aliphatic heterocycles. The smallest absolute Gasteiger partial charge is 0.179 e. The molecule has 4 aromatic heterocycles. The first-order valence-electron chi connectivity index (χ1n) is 30.8. The van der Waals surface area contributed by atoms with Gasteiger partial charge in [0.25, 0.3) is 0 Å². The van der Waals surface area contributed by atoms with Crippen molar-refractivity contribution in [3.05, 3.63) is 340 Å². The zero-order valence-corrected chi connectivity index (χ0v) is 49.6. The van der Waals surface area contributed by atoms with E-state index in [0.717, 1.165) is 89.1 Å². The quantitative estimate of drug-likeness (QED) is 0.0961. The standard InChI is InChI=1S/C84H56N4Si/c1-4-28-57(29-5-1)89(58-30-6-2-7-31-58,59-32-8-3-9-33-59)60-52-53-70(82(54-60)86-75-45-21-12-36-63(75)64-37-13-22-46-76(64)86)72-56-83(87-77-47-23-14-38-65(77)66-39-15-24-48-78(66)87)71(55-84(72)88-79-49-25-16-40-67(79)68-41-17-26-50-80(68)88)69-42-18-27-51-81(69)85-73-43-19-10-34-61(73)62-35-11-20-44-74(62)85/h1-56H. The maximum Gasteiger partial charge on any atom is 0.179 e. The zero-order valence-electron chi connectivity index (χ0n) is 48.6. The van der Waals surface area contributed by atoms with E-state index in [4.69, 9.17) is 0 Å². The van der Waals surface area contributed by atoms with Gasteiger partial charge in [-0.15, -0.1) is 0 Å². The Morgan fingerprint density at radius 1 is 0.157 bits per heavy atom. The third-order valence-corrected chi connectivity index (χ3v) is 23.7. The van der Waals surface area contributed by atoms with Crippen molar-refractivity contribution in [1.29, 1.82) is 0 Å². The Hall–Kier alpha value is -11.5. The van der Waals surface area contributed by atoms with Crippen molar-refractivity contribution in [3.8, 4) is 45.0 Å². The summed E-state index contributed by atoms with van der Waals surface area (Å²) in [4.78, 5) is 0. The third-order valence-electron chi connectivity index (χ3n) is 18.9. The van der Waals surface area contributed by atoms with Crippen LogP contribution in [0, 0.1) is 0 Å². The molecular weight excluding hydrogens is 1090 g/mol. The number of rotatable bonds is 10. The van der Waals surface area contributed by atoms with E-state index in [9.17, 15) is 0 Å². The van der Waals surface area contributed by atoms with E-state index in [2.05, 4.69) is 358 Å². The monoisotopic (exact) mass is 1150 g/mol. The molecule has 0 atom stereocenters. The van der Waals surface area contributed by atoms with Gasteiger partial charge in [-0.05, 0) is 93.5 Å². The lowest BCUT2D eigenvalue weighted by Gasteiger charge is -2.35. The van der Waals surface area contributed by atoms with E-state index in [1.54, 1.807) is 0 Å². The van der Waals surface area contributed by atoms with Crippen LogP contribution in [-0.2, 0) is 0 Å². The fraction of sp³-hybridized carbons (Fsp3) is 0. The molecular formula is C84H56N4Si. The van der Waals surface area contributed by atoms with Gasteiger partial charge in [0.05, 0.1) is 66.9 Å². The molecule has 4 nitrogen and oxygen atoms in total. The fourth-order valence-electron chi connectivity index (χ4n) is 15.2. The summed E-state index contributed by atoms with van der Waals surface area (Å²) in [6.45, 7) is 0. The van der Waals surface area contributed by atoms with Gasteiger partial charge in [0.2, 0.25) is 0 Å². The van der Waals surface area contributed by atoms with Crippen molar-refractivity contribution >= 4 is 116 Å². The van der Waals surface area contributed by atoms with Gasteiger partial charge in [-0.1, -0.05) is 267 Å². The van der Waals surface area contributed by atoms with Crippen molar-refractivity contribution in [1.82, 2.24) is 18.3 Å². The molecule has 416 valence electrons. The Balaban J connectivity index is 1.05. The van der Waals surface area contributed by atoms with E-state index in [1.807, 2.05) is 0 Å². The van der Waals surface area contributed by atoms with Crippen molar-refractivity contribution in [3.63, 3.8) is 0 Å². The molecule has 0 fully saturated rings. The van der Waals surface area contributed by atoms with Gasteiger partial charge in [-0.3, -0.25) is 0 Å². The third kappa shape index (κ3) is 7.59. The number of benzene rings is 14. The first kappa shape index (κ1) is 50.8. The van der Waals surface area contributed by atoms with Crippen LogP contribution in [0.1, 0.15) is 0 Å². The molecule has 89 heavy (non-hydrogen) atoms. The van der Waals surface area contributed by atoms with Gasteiger partial charge in [0.1, 0.15) is 0 Å². The SMILES string of the molecule is c1ccc([Si](c2ccccc2)(c2ccccc2)c2ccc(-c3cc(-n4c5ccccc5c5ccccc54)c(-c4ccccc4-n4c5ccccc5c5ccccc54)cc3-n3c4ccccc4c4ccccc43)c(-n3c4ccccc4c4ccccc43)c2)cc1. The number of para-hydroxylation sites is 9. The summed E-state index contributed by atoms with van der Waals surface area (Å²) in [6.07, 6.45) is 0. The first-order chi connectivity index (χ1) is 44.2. The average molecular weight is 1150 g/mol. The number of fused-ring (bicyclic) bond motifs is 12. The van der Waals surface area contributed by atoms with E-state index in [-0.39, 0.29) is 0 Å². The maximum absolute atomic E-state index is 3.11. The highest BCUT2D eigenvalue weighted by atomic mass is 28.3. The van der Waals surface area contributed by atoms with E-state index >= 15 is 0 Å². The van der Waals surface area contributed by atoms with Gasteiger partial charge in [0, 0.05) is 65.3 Å². The van der Waals surface area contributed by atoms with Crippen LogP contribution in [0.3, 0.4) is 0 Å². The number of hydrogen-bond acceptors (Lipinski definition) is 0. The summed E-state index contributed by atoms with van der Waals surface area (Å²) in [6, 6.07) is 127. The molecule has 0 radical (unpaired) electrons. The minimum absolute atomic E-state index is 1.08. The van der Waals surface area contributed by atoms with Crippen LogP contribution in [0.2, 0.25) is 0 Å². The molecule has 0 saturated heterocycles. The summed E-state index contributed by atoms with van der Waals surface area (Å²) < 4.78 is 10.2. The Labute approximate surface area is 515 Å². The lowest BCUT2D eigenvalue weighted by Crippen LogP contribution is -2.74. The summed E-state index contributed by atoms with van der Waals surface area (Å²) in [5.74, 6) is 0. The molecule has 0 amide bonds. The highest BCUT2D eigenvalue weighted by Crippen LogP contribution is 2.48. The Morgan fingerprint density at radius 2 is 0.393 bits per heavy atom. The Kier molecular flexibility index (Phi) is 11.6. The second-order valence-corrected chi connectivity index (χ2v) is 27.3. The minimum Gasteiger partial charge on any atom is -0.309 e. The van der Waals surface area contributed by atoms with Crippen LogP contribution in [0.15, 0.2) is 340 Å². The molecule has 0 unspecified atom stereocenters. The normalized spacial score (nSPS) is 12.0. The highest BCUT2D eigenvalue weighted by molar-refractivity contribution is 7.20. The van der Waals surface area contributed by atoms with Gasteiger partial charge in [-0.2, -0.15) is 0 Å². The predicted molar refractivity (Wildman–Crippen MR) is 378 cm³/mol. The highest BCUT2D eigenvalue weighted by Gasteiger charge is 2.42. The maximum atomic E-state index is 2.59. The van der Waals surface area contributed by atoms with Crippen LogP contribution in [-0.4, -0.2) is 26.3 Å². The van der Waals surface area contributed by atoms with Crippen LogP contribution in [0.25, 0.3) is 132 Å². The number of aromatic nitrogens is 4. The molecule has 18 rings (SSSR count). The predicted octanol–water partition coefficient (Wildman–Crippen LogP) is 18.8. The molecule has 0 bridgehead atoms. The van der Waals surface area contributed by atoms with Crippen LogP contribution < -0.4 is 20.7 Å². The lowest BCUT2D eigenvalue weighted by molar-refractivity contribution is 1.13. The zero-order chi connectivity index (χ0) is 58.6. The van der Waals surface area contributed by atoms with Crippen LogP contribution >= 0.6 is 0 Å². The minimum atomic E-state index is -3.11. The Bertz CT molecular complexity index is 5500. The van der Waals surface area contributed by atoms with Gasteiger partial charge in [0.15, 0.2) is 8.07 Å². The summed E-state index contributed by atoms with van der Waals surface area (Å²) in [5.41, 5.74) is 18.0. The van der Waals surface area contributed by atoms with Gasteiger partial charge >= 0.3 is 0 Å². The van der Waals surface area contributed by atoms with Crippen LogP contribution in [0.5, 0.6) is 0 Å². The van der Waals surface area contributed by atoms with Crippen molar-refractivity contribution in [2.45, 2.75) is 0 Å². The van der Waals surface area contributed by atoms with Gasteiger partial charge in [-0.25, -0.2) is 0 Å². The first-order valence-corrected chi connectivity index (χ1v) is 32.8. The molecule has 0 aliphatic rings. The van der Waals surface area contributed by atoms with E-state index in [1.165, 1.54) is 63.8 Å². The van der Waals surface area contributed by atoms with Gasteiger partial charge < -0.3 is 18.3 Å². The second kappa shape index (κ2) is 20.3. The topological polar surface area (TPSA) is 19.7 Å². The Morgan fingerprint density at radius 3 is 0.708 bits per heavy atom. The number of hydrogen-bond donors (Lipinski definition) is 0. The van der Waals surface area contributed by atoms with Crippen molar-refractivity contribution in [2.75, 3.05) is 0 Å². The average Bonchev–Trinajstić information content (AvgIpc) is 1.90. The van der Waals surface area contributed by atoms with E-state index < -0.39 is 8.07 Å². The van der Waals surface area contributed by atoms with Crippen molar-refractivity contribution < 1.29 is 0 Å². The summed E-state index contributed by atoms with van der Waals surface area (Å²) in [5, 5.41) is 14.9. The molecule has 0 saturated carbocycles. The molecule has 0 aliphatic carbocycles. The summed E-state index contributed by atoms with van der Waals surface area (Å²) in [7, 11) is -3.11. The molecule has 4 heterocycles. The molecule has 0 N–H and O–H groups in total. The van der Waals surface area contributed by atoms with E-state index in [0.29, 0.717) is 0 Å². The molecule has 14 aromatic carbocycles. The molecule has 5 heteroatoms. The van der Waals surface area contributed by atoms with Crippen LogP contribution in [0.4, 0.5) is 0 Å². The fourth-order valence-corrected chi connectivity index (χ4v) is 20.0. The largest absolute Gasteiger partial charge is 0.309 e.